The Morgan fingerprint density at radius 1 is 1.19 bits per heavy atom. The Balaban J connectivity index is 1.74. The molecule has 0 spiro atoms. The molecule has 1 atom stereocenters. The third kappa shape index (κ3) is 5.30. The highest BCUT2D eigenvalue weighted by Gasteiger charge is 2.27. The van der Waals surface area contributed by atoms with Gasteiger partial charge in [-0.2, -0.15) is 0 Å². The van der Waals surface area contributed by atoms with Crippen molar-refractivity contribution < 1.29 is 19.1 Å². The van der Waals surface area contributed by atoms with Gasteiger partial charge in [-0.15, -0.1) is 0 Å². The van der Waals surface area contributed by atoms with Gasteiger partial charge in [0, 0.05) is 19.5 Å². The summed E-state index contributed by atoms with van der Waals surface area (Å²) in [7, 11) is 1.35. The van der Waals surface area contributed by atoms with E-state index in [2.05, 4.69) is 4.74 Å². The second kappa shape index (κ2) is 8.37. The smallest absolute Gasteiger partial charge is 0.306 e. The van der Waals surface area contributed by atoms with E-state index in [1.54, 1.807) is 0 Å². The summed E-state index contributed by atoms with van der Waals surface area (Å²) in [4.78, 5) is 25.1. The highest BCUT2D eigenvalue weighted by molar-refractivity contribution is 5.81. The first-order valence-electron chi connectivity index (χ1n) is 8.15. The third-order valence-electron chi connectivity index (χ3n) is 4.58. The first-order valence-corrected chi connectivity index (χ1v) is 8.15. The SMILES string of the molecule is COC(=O)CCC(=O)N1CCO[C@@H](CC2CCCCC2)C1. The Hall–Kier alpha value is -1.10. The van der Waals surface area contributed by atoms with Crippen LogP contribution in [-0.4, -0.2) is 49.7 Å². The lowest BCUT2D eigenvalue weighted by Crippen LogP contribution is -2.46. The van der Waals surface area contributed by atoms with Crippen LogP contribution in [0.3, 0.4) is 0 Å². The van der Waals surface area contributed by atoms with Crippen molar-refractivity contribution in [3.8, 4) is 0 Å². The normalized spacial score (nSPS) is 23.9. The Morgan fingerprint density at radius 2 is 1.95 bits per heavy atom. The minimum atomic E-state index is -0.324. The quantitative estimate of drug-likeness (QED) is 0.730. The molecule has 1 saturated carbocycles. The maximum absolute atomic E-state index is 12.1. The fraction of sp³-hybridized carbons (Fsp3) is 0.875. The van der Waals surface area contributed by atoms with Crippen LogP contribution in [0.15, 0.2) is 0 Å². The van der Waals surface area contributed by atoms with E-state index >= 15 is 0 Å². The lowest BCUT2D eigenvalue weighted by Gasteiger charge is -2.35. The average Bonchev–Trinajstić information content (AvgIpc) is 2.53. The molecule has 2 aliphatic rings. The van der Waals surface area contributed by atoms with Gasteiger partial charge in [0.15, 0.2) is 0 Å². The molecule has 0 aromatic carbocycles. The molecule has 120 valence electrons. The fourth-order valence-electron chi connectivity index (χ4n) is 3.35. The first-order chi connectivity index (χ1) is 10.2. The Bertz CT molecular complexity index is 352. The number of methoxy groups -OCH3 is 1. The zero-order chi connectivity index (χ0) is 15.1. The molecule has 5 nitrogen and oxygen atoms in total. The van der Waals surface area contributed by atoms with Gasteiger partial charge in [0.2, 0.25) is 5.91 Å². The van der Waals surface area contributed by atoms with Crippen molar-refractivity contribution in [3.05, 3.63) is 0 Å². The van der Waals surface area contributed by atoms with E-state index in [4.69, 9.17) is 4.74 Å². The summed E-state index contributed by atoms with van der Waals surface area (Å²) in [5, 5.41) is 0. The standard InChI is InChI=1S/C16H27NO4/c1-20-16(19)8-7-15(18)17-9-10-21-14(12-17)11-13-5-3-2-4-6-13/h13-14H,2-12H2,1H3/t14-/m0/s1. The molecular weight excluding hydrogens is 270 g/mol. The van der Waals surface area contributed by atoms with Crippen molar-refractivity contribution in [2.24, 2.45) is 5.92 Å². The topological polar surface area (TPSA) is 55.8 Å². The molecule has 1 heterocycles. The molecule has 1 aliphatic heterocycles. The summed E-state index contributed by atoms with van der Waals surface area (Å²) in [6.07, 6.45) is 8.28. The van der Waals surface area contributed by atoms with Gasteiger partial charge in [-0.1, -0.05) is 32.1 Å². The van der Waals surface area contributed by atoms with Crippen molar-refractivity contribution in [2.75, 3.05) is 26.8 Å². The molecule has 5 heteroatoms. The lowest BCUT2D eigenvalue weighted by molar-refractivity contribution is -0.146. The average molecular weight is 297 g/mol. The highest BCUT2D eigenvalue weighted by Crippen LogP contribution is 2.29. The van der Waals surface area contributed by atoms with Crippen molar-refractivity contribution in [1.29, 1.82) is 0 Å². The molecule has 21 heavy (non-hydrogen) atoms. The molecule has 0 N–H and O–H groups in total. The molecule has 1 saturated heterocycles. The number of carbonyl (C=O) groups excluding carboxylic acids is 2. The summed E-state index contributed by atoms with van der Waals surface area (Å²) >= 11 is 0. The first kappa shape index (κ1) is 16.3. The lowest BCUT2D eigenvalue weighted by atomic mass is 9.85. The molecule has 0 radical (unpaired) electrons. The molecule has 1 aliphatic carbocycles. The minimum Gasteiger partial charge on any atom is -0.469 e. The zero-order valence-corrected chi connectivity index (χ0v) is 13.0. The summed E-state index contributed by atoms with van der Waals surface area (Å²) in [5.41, 5.74) is 0. The number of morpholine rings is 1. The van der Waals surface area contributed by atoms with Crippen LogP contribution in [0.25, 0.3) is 0 Å². The van der Waals surface area contributed by atoms with E-state index in [9.17, 15) is 9.59 Å². The van der Waals surface area contributed by atoms with Crippen molar-refractivity contribution in [1.82, 2.24) is 4.90 Å². The molecule has 0 bridgehead atoms. The summed E-state index contributed by atoms with van der Waals surface area (Å²) < 4.78 is 10.4. The number of amides is 1. The van der Waals surface area contributed by atoms with Crippen LogP contribution in [0.2, 0.25) is 0 Å². The van der Waals surface area contributed by atoms with Gasteiger partial charge in [0.1, 0.15) is 0 Å². The zero-order valence-electron chi connectivity index (χ0n) is 13.0. The summed E-state index contributed by atoms with van der Waals surface area (Å²) in [6, 6.07) is 0. The molecular formula is C16H27NO4. The minimum absolute atomic E-state index is 0.0392. The van der Waals surface area contributed by atoms with E-state index < -0.39 is 0 Å². The largest absolute Gasteiger partial charge is 0.469 e. The van der Waals surface area contributed by atoms with Gasteiger partial charge in [0.05, 0.1) is 26.2 Å². The van der Waals surface area contributed by atoms with Crippen LogP contribution in [0, 0.1) is 5.92 Å². The van der Waals surface area contributed by atoms with Gasteiger partial charge < -0.3 is 14.4 Å². The van der Waals surface area contributed by atoms with Crippen LogP contribution in [0.1, 0.15) is 51.4 Å². The van der Waals surface area contributed by atoms with Crippen LogP contribution in [-0.2, 0) is 19.1 Å². The van der Waals surface area contributed by atoms with E-state index in [-0.39, 0.29) is 30.8 Å². The van der Waals surface area contributed by atoms with Crippen LogP contribution < -0.4 is 0 Å². The second-order valence-corrected chi connectivity index (χ2v) is 6.15. The second-order valence-electron chi connectivity index (χ2n) is 6.15. The van der Waals surface area contributed by atoms with Crippen molar-refractivity contribution >= 4 is 11.9 Å². The van der Waals surface area contributed by atoms with E-state index in [1.807, 2.05) is 4.90 Å². The van der Waals surface area contributed by atoms with E-state index in [0.717, 1.165) is 12.3 Å². The van der Waals surface area contributed by atoms with Crippen molar-refractivity contribution in [2.45, 2.75) is 57.5 Å². The number of hydrogen-bond donors (Lipinski definition) is 0. The van der Waals surface area contributed by atoms with Gasteiger partial charge in [0.25, 0.3) is 0 Å². The van der Waals surface area contributed by atoms with Gasteiger partial charge >= 0.3 is 5.97 Å². The molecule has 0 aromatic heterocycles. The third-order valence-corrected chi connectivity index (χ3v) is 4.58. The van der Waals surface area contributed by atoms with Gasteiger partial charge in [-0.3, -0.25) is 9.59 Å². The molecule has 0 aromatic rings. The van der Waals surface area contributed by atoms with Crippen LogP contribution in [0.4, 0.5) is 0 Å². The number of esters is 1. The summed E-state index contributed by atoms with van der Waals surface area (Å²) in [5.74, 6) is 0.474. The number of ether oxygens (including phenoxy) is 2. The molecule has 1 amide bonds. The number of rotatable bonds is 5. The fourth-order valence-corrected chi connectivity index (χ4v) is 3.35. The monoisotopic (exact) mass is 297 g/mol. The van der Waals surface area contributed by atoms with E-state index in [1.165, 1.54) is 39.2 Å². The molecule has 2 rings (SSSR count). The number of nitrogens with zero attached hydrogens (tertiary/aromatic N) is 1. The summed E-state index contributed by atoms with van der Waals surface area (Å²) in [6.45, 7) is 1.93. The maximum Gasteiger partial charge on any atom is 0.306 e. The van der Waals surface area contributed by atoms with Crippen LogP contribution >= 0.6 is 0 Å². The van der Waals surface area contributed by atoms with Gasteiger partial charge in [-0.25, -0.2) is 0 Å². The highest BCUT2D eigenvalue weighted by atomic mass is 16.5. The molecule has 0 unspecified atom stereocenters. The Kier molecular flexibility index (Phi) is 6.49. The van der Waals surface area contributed by atoms with E-state index in [0.29, 0.717) is 19.7 Å². The maximum atomic E-state index is 12.1. The predicted octanol–water partition coefficient (Wildman–Crippen LogP) is 2.14. The van der Waals surface area contributed by atoms with Crippen molar-refractivity contribution in [3.63, 3.8) is 0 Å². The predicted molar refractivity (Wildman–Crippen MR) is 78.8 cm³/mol. The van der Waals surface area contributed by atoms with Gasteiger partial charge in [-0.05, 0) is 12.3 Å². The Labute approximate surface area is 127 Å². The number of hydrogen-bond acceptors (Lipinski definition) is 4. The Morgan fingerprint density at radius 3 is 2.67 bits per heavy atom. The molecule has 2 fully saturated rings. The number of carbonyl (C=O) groups is 2. The van der Waals surface area contributed by atoms with Crippen LogP contribution in [0.5, 0.6) is 0 Å².